The summed E-state index contributed by atoms with van der Waals surface area (Å²) in [4.78, 5) is 13.3. The molecule has 1 rings (SSSR count). The Morgan fingerprint density at radius 1 is 1.44 bits per heavy atom. The first-order chi connectivity index (χ1) is 7.63. The zero-order valence-corrected chi connectivity index (χ0v) is 11.0. The monoisotopic (exact) mass is 224 g/mol. The van der Waals surface area contributed by atoms with Gasteiger partial charge in [0.25, 0.3) is 0 Å². The van der Waals surface area contributed by atoms with Crippen molar-refractivity contribution in [3.8, 4) is 0 Å². The fraction of sp³-hybridized carbons (Fsp3) is 0.833. The third kappa shape index (κ3) is 4.41. The summed E-state index contributed by atoms with van der Waals surface area (Å²) in [5, 5.41) is 0. The Kier molecular flexibility index (Phi) is 5.63. The number of aliphatic imine (C=N–C) groups is 2. The van der Waals surface area contributed by atoms with Crippen LogP contribution in [0.3, 0.4) is 0 Å². The standard InChI is InChI=1S/C12H24N4/c1-5-11(2)14-9-13-10-16-7-6-15(4)12(3)8-16/h9,12H,5-8,10H2,1-4H3/b13-9-,14-11-/t12-/m0/s1. The second-order valence-corrected chi connectivity index (χ2v) is 4.56. The second-order valence-electron chi connectivity index (χ2n) is 4.56. The summed E-state index contributed by atoms with van der Waals surface area (Å²) in [7, 11) is 2.18. The Labute approximate surface area is 99.1 Å². The van der Waals surface area contributed by atoms with Crippen LogP contribution in [-0.2, 0) is 0 Å². The van der Waals surface area contributed by atoms with Crippen LogP contribution in [0.15, 0.2) is 9.98 Å². The molecule has 0 saturated carbocycles. The molecular weight excluding hydrogens is 200 g/mol. The van der Waals surface area contributed by atoms with Crippen LogP contribution in [0.25, 0.3) is 0 Å². The molecule has 1 fully saturated rings. The Hall–Kier alpha value is -0.740. The number of hydrogen-bond acceptors (Lipinski definition) is 3. The highest BCUT2D eigenvalue weighted by Gasteiger charge is 2.19. The fourth-order valence-corrected chi connectivity index (χ4v) is 1.63. The van der Waals surface area contributed by atoms with Gasteiger partial charge >= 0.3 is 0 Å². The van der Waals surface area contributed by atoms with E-state index in [0.29, 0.717) is 6.04 Å². The maximum absolute atomic E-state index is 4.34. The third-order valence-corrected chi connectivity index (χ3v) is 3.20. The van der Waals surface area contributed by atoms with Crippen LogP contribution in [-0.4, -0.2) is 61.2 Å². The van der Waals surface area contributed by atoms with Gasteiger partial charge in [0.15, 0.2) is 0 Å². The average Bonchev–Trinajstić information content (AvgIpc) is 2.28. The van der Waals surface area contributed by atoms with Crippen molar-refractivity contribution in [1.82, 2.24) is 9.80 Å². The highest BCUT2D eigenvalue weighted by Crippen LogP contribution is 2.06. The van der Waals surface area contributed by atoms with Crippen LogP contribution in [0.5, 0.6) is 0 Å². The summed E-state index contributed by atoms with van der Waals surface area (Å²) in [5.74, 6) is 0. The van der Waals surface area contributed by atoms with Gasteiger partial charge in [-0.1, -0.05) is 6.92 Å². The minimum Gasteiger partial charge on any atom is -0.301 e. The minimum absolute atomic E-state index is 0.629. The van der Waals surface area contributed by atoms with Crippen molar-refractivity contribution >= 4 is 12.1 Å². The molecule has 4 nitrogen and oxygen atoms in total. The van der Waals surface area contributed by atoms with E-state index in [0.717, 1.165) is 38.4 Å². The lowest BCUT2D eigenvalue weighted by atomic mass is 10.2. The van der Waals surface area contributed by atoms with E-state index >= 15 is 0 Å². The molecule has 0 aliphatic carbocycles. The summed E-state index contributed by atoms with van der Waals surface area (Å²) in [6, 6.07) is 0.629. The number of hydrogen-bond donors (Lipinski definition) is 0. The van der Waals surface area contributed by atoms with E-state index in [4.69, 9.17) is 0 Å². The normalized spacial score (nSPS) is 25.5. The molecule has 0 aromatic rings. The molecule has 1 atom stereocenters. The van der Waals surface area contributed by atoms with Gasteiger partial charge in [-0.2, -0.15) is 0 Å². The van der Waals surface area contributed by atoms with Crippen molar-refractivity contribution in [2.24, 2.45) is 9.98 Å². The quantitative estimate of drug-likeness (QED) is 0.535. The maximum Gasteiger partial charge on any atom is 0.111 e. The van der Waals surface area contributed by atoms with Crippen molar-refractivity contribution in [3.63, 3.8) is 0 Å². The fourth-order valence-electron chi connectivity index (χ4n) is 1.63. The highest BCUT2D eigenvalue weighted by atomic mass is 15.3. The Morgan fingerprint density at radius 3 is 2.81 bits per heavy atom. The first kappa shape index (κ1) is 13.3. The average molecular weight is 224 g/mol. The number of rotatable bonds is 4. The van der Waals surface area contributed by atoms with Crippen molar-refractivity contribution in [2.45, 2.75) is 33.2 Å². The van der Waals surface area contributed by atoms with E-state index in [1.165, 1.54) is 0 Å². The van der Waals surface area contributed by atoms with E-state index in [2.05, 4.69) is 40.7 Å². The molecule has 0 radical (unpaired) electrons. The Balaban J connectivity index is 2.28. The molecule has 0 aromatic heterocycles. The molecule has 0 amide bonds. The zero-order valence-electron chi connectivity index (χ0n) is 11.0. The minimum atomic E-state index is 0.629. The lowest BCUT2D eigenvalue weighted by molar-refractivity contribution is 0.108. The lowest BCUT2D eigenvalue weighted by Gasteiger charge is -2.36. The van der Waals surface area contributed by atoms with Gasteiger partial charge in [-0.05, 0) is 27.3 Å². The summed E-state index contributed by atoms with van der Waals surface area (Å²) in [5.41, 5.74) is 1.13. The predicted molar refractivity (Wildman–Crippen MR) is 70.4 cm³/mol. The summed E-state index contributed by atoms with van der Waals surface area (Å²) in [6.45, 7) is 10.5. The third-order valence-electron chi connectivity index (χ3n) is 3.20. The Morgan fingerprint density at radius 2 is 2.19 bits per heavy atom. The zero-order chi connectivity index (χ0) is 12.0. The van der Waals surface area contributed by atoms with E-state index in [9.17, 15) is 0 Å². The van der Waals surface area contributed by atoms with Crippen LogP contribution < -0.4 is 0 Å². The molecule has 1 aliphatic rings. The predicted octanol–water partition coefficient (Wildman–Crippen LogP) is 1.48. The van der Waals surface area contributed by atoms with Gasteiger partial charge in [-0.25, -0.2) is 4.99 Å². The van der Waals surface area contributed by atoms with Crippen molar-refractivity contribution in [1.29, 1.82) is 0 Å². The van der Waals surface area contributed by atoms with Gasteiger partial charge in [0.2, 0.25) is 0 Å². The number of piperazine rings is 1. The molecule has 0 spiro atoms. The van der Waals surface area contributed by atoms with Crippen molar-refractivity contribution in [3.05, 3.63) is 0 Å². The van der Waals surface area contributed by atoms with E-state index in [1.807, 2.05) is 6.92 Å². The van der Waals surface area contributed by atoms with Crippen LogP contribution in [0.1, 0.15) is 27.2 Å². The van der Waals surface area contributed by atoms with Crippen molar-refractivity contribution < 1.29 is 0 Å². The van der Waals surface area contributed by atoms with Gasteiger partial charge in [0, 0.05) is 31.4 Å². The number of likely N-dealkylation sites (N-methyl/N-ethyl adjacent to an activating group) is 1. The van der Waals surface area contributed by atoms with Crippen LogP contribution >= 0.6 is 0 Å². The van der Waals surface area contributed by atoms with E-state index in [-0.39, 0.29) is 0 Å². The van der Waals surface area contributed by atoms with Crippen LogP contribution in [0, 0.1) is 0 Å². The largest absolute Gasteiger partial charge is 0.301 e. The number of nitrogens with zero attached hydrogens (tertiary/aromatic N) is 4. The van der Waals surface area contributed by atoms with Gasteiger partial charge in [0.1, 0.15) is 6.34 Å². The second kappa shape index (κ2) is 6.76. The van der Waals surface area contributed by atoms with Crippen molar-refractivity contribution in [2.75, 3.05) is 33.4 Å². The molecule has 92 valence electrons. The molecule has 0 bridgehead atoms. The first-order valence-electron chi connectivity index (χ1n) is 6.07. The summed E-state index contributed by atoms with van der Waals surface area (Å²) in [6.07, 6.45) is 2.69. The first-order valence-corrected chi connectivity index (χ1v) is 6.07. The molecule has 0 unspecified atom stereocenters. The summed E-state index contributed by atoms with van der Waals surface area (Å²) < 4.78 is 0. The lowest BCUT2D eigenvalue weighted by Crippen LogP contribution is -2.49. The maximum atomic E-state index is 4.34. The highest BCUT2D eigenvalue weighted by molar-refractivity contribution is 5.88. The molecule has 16 heavy (non-hydrogen) atoms. The molecule has 0 N–H and O–H groups in total. The van der Waals surface area contributed by atoms with Gasteiger partial charge < -0.3 is 4.90 Å². The van der Waals surface area contributed by atoms with E-state index in [1.54, 1.807) is 6.34 Å². The molecule has 0 aromatic carbocycles. The van der Waals surface area contributed by atoms with Gasteiger partial charge in [0.05, 0.1) is 6.67 Å². The molecule has 1 aliphatic heterocycles. The molecule has 1 heterocycles. The SMILES string of the molecule is CC/C(C)=N\C=N/CN1CCN(C)[C@@H](C)C1. The molecular formula is C12H24N4. The molecule has 1 saturated heterocycles. The van der Waals surface area contributed by atoms with E-state index < -0.39 is 0 Å². The smallest absolute Gasteiger partial charge is 0.111 e. The Bertz CT molecular complexity index is 260. The van der Waals surface area contributed by atoms with Gasteiger partial charge in [-0.15, -0.1) is 0 Å². The molecule has 4 heteroatoms. The van der Waals surface area contributed by atoms with Crippen LogP contribution in [0.4, 0.5) is 0 Å². The van der Waals surface area contributed by atoms with Gasteiger partial charge in [-0.3, -0.25) is 9.89 Å². The van der Waals surface area contributed by atoms with Crippen LogP contribution in [0.2, 0.25) is 0 Å². The summed E-state index contributed by atoms with van der Waals surface area (Å²) >= 11 is 0. The topological polar surface area (TPSA) is 31.2 Å².